The average molecular weight is 337 g/mol. The lowest BCUT2D eigenvalue weighted by Crippen LogP contribution is -1.97. The molecule has 0 N–H and O–H groups in total. The quantitative estimate of drug-likeness (QED) is 0.680. The van der Waals surface area contributed by atoms with Gasteiger partial charge in [-0.15, -0.1) is 0 Å². The van der Waals surface area contributed by atoms with Crippen LogP contribution in [0.3, 0.4) is 0 Å². The van der Waals surface area contributed by atoms with Gasteiger partial charge in [0.1, 0.15) is 18.4 Å². The highest BCUT2D eigenvalue weighted by Gasteiger charge is 2.04. The number of carbonyl (C=O) groups is 1. The van der Waals surface area contributed by atoms with Crippen LogP contribution < -0.4 is 4.74 Å². The molecular weight excluding hydrogens is 318 g/mol. The van der Waals surface area contributed by atoms with Crippen molar-refractivity contribution in [2.24, 2.45) is 0 Å². The van der Waals surface area contributed by atoms with Crippen LogP contribution in [-0.2, 0) is 11.4 Å². The van der Waals surface area contributed by atoms with Crippen molar-refractivity contribution in [2.45, 2.75) is 20.0 Å². The Balaban J connectivity index is 2.00. The van der Waals surface area contributed by atoms with Gasteiger partial charge in [-0.1, -0.05) is 60.3 Å². The normalized spacial score (nSPS) is 10.5. The van der Waals surface area contributed by atoms with Gasteiger partial charge in [-0.05, 0) is 29.7 Å². The Morgan fingerprint density at radius 2 is 2.04 bits per heavy atom. The second kappa shape index (κ2) is 9.59. The molecule has 4 heteroatoms. The van der Waals surface area contributed by atoms with E-state index in [9.17, 15) is 10.1 Å². The second-order valence-corrected chi connectivity index (χ2v) is 6.44. The third kappa shape index (κ3) is 5.94. The zero-order chi connectivity index (χ0) is 17.2. The molecule has 0 aliphatic rings. The van der Waals surface area contributed by atoms with Gasteiger partial charge >= 0.3 is 0 Å². The third-order valence-electron chi connectivity index (χ3n) is 3.26. The zero-order valence-electron chi connectivity index (χ0n) is 13.6. The number of nitriles is 1. The first-order chi connectivity index (χ1) is 11.7. The van der Waals surface area contributed by atoms with Crippen LogP contribution in [0.15, 0.2) is 54.6 Å². The Morgan fingerprint density at radius 1 is 1.25 bits per heavy atom. The summed E-state index contributed by atoms with van der Waals surface area (Å²) in [6.45, 7) is 2.00. The van der Waals surface area contributed by atoms with Gasteiger partial charge in [0.15, 0.2) is 5.12 Å². The summed E-state index contributed by atoms with van der Waals surface area (Å²) in [6.07, 6.45) is 4.83. The third-order valence-corrected chi connectivity index (χ3v) is 4.11. The van der Waals surface area contributed by atoms with Crippen molar-refractivity contribution in [1.82, 2.24) is 0 Å². The fourth-order valence-corrected chi connectivity index (χ4v) is 2.62. The maximum absolute atomic E-state index is 10.9. The molecule has 0 spiro atoms. The predicted molar refractivity (Wildman–Crippen MR) is 98.7 cm³/mol. The summed E-state index contributed by atoms with van der Waals surface area (Å²) in [5, 5.41) is 9.36. The van der Waals surface area contributed by atoms with Crippen LogP contribution >= 0.6 is 11.8 Å². The SMILES string of the molecule is CC(=O)SCCC=Cc1ccc(C#N)c(OCc2ccccc2)c1. The molecule has 0 fully saturated rings. The summed E-state index contributed by atoms with van der Waals surface area (Å²) >= 11 is 1.32. The lowest BCUT2D eigenvalue weighted by molar-refractivity contribution is -0.109. The highest BCUT2D eigenvalue weighted by Crippen LogP contribution is 2.22. The van der Waals surface area contributed by atoms with Gasteiger partial charge in [0.05, 0.1) is 5.56 Å². The van der Waals surface area contributed by atoms with E-state index in [0.29, 0.717) is 17.9 Å². The highest BCUT2D eigenvalue weighted by atomic mass is 32.2. The number of thioether (sulfide) groups is 1. The Kier molecular flexibility index (Phi) is 7.13. The van der Waals surface area contributed by atoms with Gasteiger partial charge in [0, 0.05) is 12.7 Å². The maximum Gasteiger partial charge on any atom is 0.185 e. The molecule has 24 heavy (non-hydrogen) atoms. The van der Waals surface area contributed by atoms with Gasteiger partial charge in [-0.3, -0.25) is 4.79 Å². The van der Waals surface area contributed by atoms with Crippen LogP contribution in [0.5, 0.6) is 5.75 Å². The molecule has 0 unspecified atom stereocenters. The Labute approximate surface area is 147 Å². The summed E-state index contributed by atoms with van der Waals surface area (Å²) in [4.78, 5) is 10.9. The van der Waals surface area contributed by atoms with Gasteiger partial charge in [-0.25, -0.2) is 0 Å². The van der Waals surface area contributed by atoms with Crippen molar-refractivity contribution >= 4 is 23.0 Å². The molecule has 0 aliphatic heterocycles. The van der Waals surface area contributed by atoms with E-state index < -0.39 is 0 Å². The van der Waals surface area contributed by atoms with Gasteiger partial charge in [-0.2, -0.15) is 5.26 Å². The molecule has 3 nitrogen and oxygen atoms in total. The van der Waals surface area contributed by atoms with Crippen molar-refractivity contribution in [3.05, 3.63) is 71.3 Å². The van der Waals surface area contributed by atoms with E-state index in [1.807, 2.05) is 54.6 Å². The zero-order valence-corrected chi connectivity index (χ0v) is 14.4. The molecule has 0 saturated carbocycles. The smallest absolute Gasteiger partial charge is 0.185 e. The van der Waals surface area contributed by atoms with Crippen LogP contribution in [0.2, 0.25) is 0 Å². The number of carbonyl (C=O) groups excluding carboxylic acids is 1. The van der Waals surface area contributed by atoms with Crippen LogP contribution in [0.1, 0.15) is 30.0 Å². The first-order valence-electron chi connectivity index (χ1n) is 7.70. The van der Waals surface area contributed by atoms with Gasteiger partial charge in [0.2, 0.25) is 0 Å². The second-order valence-electron chi connectivity index (χ2n) is 5.17. The van der Waals surface area contributed by atoms with Crippen LogP contribution in [0.25, 0.3) is 6.08 Å². The molecule has 2 aromatic carbocycles. The maximum atomic E-state index is 10.9. The molecule has 0 amide bonds. The van der Waals surface area contributed by atoms with Crippen molar-refractivity contribution in [3.63, 3.8) is 0 Å². The van der Waals surface area contributed by atoms with E-state index in [2.05, 4.69) is 6.07 Å². The molecule has 122 valence electrons. The Bertz CT molecular complexity index is 748. The summed E-state index contributed by atoms with van der Waals surface area (Å²) < 4.78 is 5.81. The standard InChI is InChI=1S/C20H19NO2S/c1-16(22)24-12-6-5-7-17-10-11-19(14-21)20(13-17)23-15-18-8-3-2-4-9-18/h2-5,7-11,13H,6,12,15H2,1H3. The molecule has 0 radical (unpaired) electrons. The topological polar surface area (TPSA) is 50.1 Å². The lowest BCUT2D eigenvalue weighted by Gasteiger charge is -2.09. The van der Waals surface area contributed by atoms with E-state index in [1.54, 1.807) is 13.0 Å². The number of hydrogen-bond acceptors (Lipinski definition) is 4. The fourth-order valence-electron chi connectivity index (χ4n) is 2.08. The monoisotopic (exact) mass is 337 g/mol. The lowest BCUT2D eigenvalue weighted by atomic mass is 10.1. The molecule has 0 aromatic heterocycles. The number of rotatable bonds is 7. The van der Waals surface area contributed by atoms with Crippen molar-refractivity contribution < 1.29 is 9.53 Å². The van der Waals surface area contributed by atoms with Gasteiger partial charge in [0.25, 0.3) is 0 Å². The number of ether oxygens (including phenoxy) is 1. The first kappa shape index (κ1) is 17.8. The summed E-state index contributed by atoms with van der Waals surface area (Å²) in [7, 11) is 0. The van der Waals surface area contributed by atoms with Crippen LogP contribution in [0.4, 0.5) is 0 Å². The Morgan fingerprint density at radius 3 is 2.75 bits per heavy atom. The van der Waals surface area contributed by atoms with Gasteiger partial charge < -0.3 is 4.74 Å². The van der Waals surface area contributed by atoms with E-state index in [4.69, 9.17) is 4.74 Å². The molecule has 0 heterocycles. The number of hydrogen-bond donors (Lipinski definition) is 0. The fraction of sp³-hybridized carbons (Fsp3) is 0.200. The van der Waals surface area contributed by atoms with Crippen molar-refractivity contribution in [1.29, 1.82) is 5.26 Å². The first-order valence-corrected chi connectivity index (χ1v) is 8.68. The number of allylic oxidation sites excluding steroid dienone is 1. The summed E-state index contributed by atoms with van der Waals surface area (Å²) in [5.74, 6) is 1.36. The average Bonchev–Trinajstić information content (AvgIpc) is 2.60. The van der Waals surface area contributed by atoms with Crippen molar-refractivity contribution in [2.75, 3.05) is 5.75 Å². The van der Waals surface area contributed by atoms with E-state index >= 15 is 0 Å². The van der Waals surface area contributed by atoms with E-state index in [1.165, 1.54) is 11.8 Å². The molecule has 0 aliphatic carbocycles. The minimum Gasteiger partial charge on any atom is -0.488 e. The van der Waals surface area contributed by atoms with E-state index in [-0.39, 0.29) is 5.12 Å². The highest BCUT2D eigenvalue weighted by molar-refractivity contribution is 8.13. The number of nitrogens with zero attached hydrogens (tertiary/aromatic N) is 1. The largest absolute Gasteiger partial charge is 0.488 e. The minimum atomic E-state index is 0.137. The molecule has 2 aromatic rings. The Hall–Kier alpha value is -2.51. The van der Waals surface area contributed by atoms with Crippen molar-refractivity contribution in [3.8, 4) is 11.8 Å². The molecular formula is C20H19NO2S. The minimum absolute atomic E-state index is 0.137. The molecule has 0 atom stereocenters. The number of benzene rings is 2. The predicted octanol–water partition coefficient (Wildman–Crippen LogP) is 4.82. The molecule has 0 saturated heterocycles. The summed E-state index contributed by atoms with van der Waals surface area (Å²) in [5.41, 5.74) is 2.56. The van der Waals surface area contributed by atoms with E-state index in [0.717, 1.165) is 23.3 Å². The molecule has 0 bridgehead atoms. The van der Waals surface area contributed by atoms with Crippen LogP contribution in [0, 0.1) is 11.3 Å². The summed E-state index contributed by atoms with van der Waals surface area (Å²) in [6, 6.07) is 17.5. The molecule has 2 rings (SSSR count). The van der Waals surface area contributed by atoms with Crippen LogP contribution in [-0.4, -0.2) is 10.9 Å².